The Morgan fingerprint density at radius 3 is 1.58 bits per heavy atom. The van der Waals surface area contributed by atoms with Crippen LogP contribution in [0.5, 0.6) is 0 Å². The van der Waals surface area contributed by atoms with E-state index in [0.29, 0.717) is 0 Å². The van der Waals surface area contributed by atoms with Gasteiger partial charge in [0, 0.05) is 13.1 Å². The van der Waals surface area contributed by atoms with Crippen LogP contribution in [0.3, 0.4) is 0 Å². The zero-order chi connectivity index (χ0) is 9.30. The van der Waals surface area contributed by atoms with Crippen LogP contribution in [0.1, 0.15) is 0 Å². The number of amides is 4. The van der Waals surface area contributed by atoms with Gasteiger partial charge in [0.25, 0.3) is 0 Å². The molecule has 0 N–H and O–H groups in total. The van der Waals surface area contributed by atoms with E-state index in [9.17, 15) is 14.4 Å². The van der Waals surface area contributed by atoms with Gasteiger partial charge in [0.2, 0.25) is 0 Å². The van der Waals surface area contributed by atoms with Crippen molar-refractivity contribution in [1.82, 2.24) is 9.80 Å². The summed E-state index contributed by atoms with van der Waals surface area (Å²) in [6.45, 7) is 0.194. The highest BCUT2D eigenvalue weighted by Crippen LogP contribution is 2.12. The van der Waals surface area contributed by atoms with Gasteiger partial charge < -0.3 is 0 Å². The van der Waals surface area contributed by atoms with Gasteiger partial charge in [-0.2, -0.15) is 0 Å². The van der Waals surface area contributed by atoms with Crippen LogP contribution in [-0.4, -0.2) is 39.7 Å². The lowest BCUT2D eigenvalue weighted by Gasteiger charge is -2.09. The van der Waals surface area contributed by atoms with Gasteiger partial charge in [-0.15, -0.1) is 0 Å². The summed E-state index contributed by atoms with van der Waals surface area (Å²) in [5.74, 6) is 0. The maximum atomic E-state index is 11.0. The molecule has 0 spiro atoms. The Hall–Kier alpha value is -0.810. The van der Waals surface area contributed by atoms with Crippen LogP contribution in [-0.2, 0) is 0 Å². The summed E-state index contributed by atoms with van der Waals surface area (Å²) in [6.07, 6.45) is 0. The van der Waals surface area contributed by atoms with E-state index < -0.39 is 16.8 Å². The van der Waals surface area contributed by atoms with Gasteiger partial charge in [-0.05, 0) is 23.2 Å². The summed E-state index contributed by atoms with van der Waals surface area (Å²) in [6, 6.07) is -0.769. The van der Waals surface area contributed by atoms with Gasteiger partial charge >= 0.3 is 16.8 Å². The van der Waals surface area contributed by atoms with Crippen molar-refractivity contribution in [3.05, 3.63) is 0 Å². The number of imide groups is 2. The lowest BCUT2D eigenvalue weighted by Crippen LogP contribution is -2.34. The van der Waals surface area contributed by atoms with E-state index in [2.05, 4.69) is 0 Å². The first kappa shape index (κ1) is 9.28. The molecule has 4 amide bonds. The summed E-state index contributed by atoms with van der Waals surface area (Å²) in [4.78, 5) is 33.5. The molecule has 66 valence electrons. The van der Waals surface area contributed by atoms with E-state index in [1.54, 1.807) is 0 Å². The van der Waals surface area contributed by atoms with Crippen LogP contribution in [0, 0.1) is 0 Å². The molecule has 0 unspecified atom stereocenters. The molecule has 1 rings (SSSR count). The van der Waals surface area contributed by atoms with E-state index in [-0.39, 0.29) is 13.1 Å². The first-order chi connectivity index (χ1) is 5.54. The molecule has 5 nitrogen and oxygen atoms in total. The quantitative estimate of drug-likeness (QED) is 0.449. The zero-order valence-electron chi connectivity index (χ0n) is 5.79. The second-order valence-corrected chi connectivity index (χ2v) is 2.74. The molecule has 0 aliphatic carbocycles. The van der Waals surface area contributed by atoms with Crippen molar-refractivity contribution in [2.75, 3.05) is 13.1 Å². The van der Waals surface area contributed by atoms with Crippen molar-refractivity contribution in [3.8, 4) is 0 Å². The van der Waals surface area contributed by atoms with Crippen LogP contribution in [0.25, 0.3) is 0 Å². The molecule has 1 fully saturated rings. The molecule has 0 saturated carbocycles. The molecular formula is C5H4Cl2N2O3. The first-order valence-electron chi connectivity index (χ1n) is 3.02. The summed E-state index contributed by atoms with van der Waals surface area (Å²) in [7, 11) is 0. The molecular weight excluding hydrogens is 207 g/mol. The van der Waals surface area contributed by atoms with Crippen LogP contribution >= 0.6 is 23.2 Å². The van der Waals surface area contributed by atoms with Crippen molar-refractivity contribution in [2.24, 2.45) is 0 Å². The topological polar surface area (TPSA) is 57.7 Å². The molecule has 1 aliphatic heterocycles. The second-order valence-electron chi connectivity index (χ2n) is 2.09. The minimum Gasteiger partial charge on any atom is -0.255 e. The Morgan fingerprint density at radius 1 is 1.08 bits per heavy atom. The summed E-state index contributed by atoms with van der Waals surface area (Å²) >= 11 is 10.1. The molecule has 1 aliphatic rings. The highest BCUT2D eigenvalue weighted by molar-refractivity contribution is 6.66. The first-order valence-corrected chi connectivity index (χ1v) is 3.77. The van der Waals surface area contributed by atoms with Gasteiger partial charge in [-0.25, -0.2) is 14.6 Å². The number of nitrogens with zero attached hydrogens (tertiary/aromatic N) is 2. The van der Waals surface area contributed by atoms with Crippen LogP contribution in [0.2, 0.25) is 0 Å². The Kier molecular flexibility index (Phi) is 2.54. The summed E-state index contributed by atoms with van der Waals surface area (Å²) < 4.78 is 0. The SMILES string of the molecule is O=C(Cl)N1CCN(C(=O)Cl)C1=O. The van der Waals surface area contributed by atoms with Crippen molar-refractivity contribution in [1.29, 1.82) is 0 Å². The highest BCUT2D eigenvalue weighted by Gasteiger charge is 2.35. The molecule has 7 heteroatoms. The van der Waals surface area contributed by atoms with E-state index in [0.717, 1.165) is 9.80 Å². The van der Waals surface area contributed by atoms with Crippen molar-refractivity contribution < 1.29 is 14.4 Å². The largest absolute Gasteiger partial charge is 0.335 e. The number of hydrogen-bond donors (Lipinski definition) is 0. The Labute approximate surface area is 77.8 Å². The van der Waals surface area contributed by atoms with Crippen molar-refractivity contribution in [2.45, 2.75) is 0 Å². The number of carbonyl (C=O) groups is 3. The molecule has 1 saturated heterocycles. The summed E-state index contributed by atoms with van der Waals surface area (Å²) in [5, 5.41) is -1.80. The predicted octanol–water partition coefficient (Wildman–Crippen LogP) is 1.44. The third kappa shape index (κ3) is 1.51. The Morgan fingerprint density at radius 2 is 1.42 bits per heavy atom. The van der Waals surface area contributed by atoms with E-state index >= 15 is 0 Å². The van der Waals surface area contributed by atoms with E-state index in [4.69, 9.17) is 23.2 Å². The molecule has 0 aromatic rings. The second kappa shape index (κ2) is 3.28. The third-order valence-corrected chi connectivity index (χ3v) is 1.84. The van der Waals surface area contributed by atoms with Crippen LogP contribution < -0.4 is 0 Å². The normalized spacial score (nSPS) is 17.0. The minimum atomic E-state index is -0.902. The number of urea groups is 1. The average molecular weight is 211 g/mol. The van der Waals surface area contributed by atoms with E-state index in [1.165, 1.54) is 0 Å². The fourth-order valence-electron chi connectivity index (χ4n) is 0.863. The lowest BCUT2D eigenvalue weighted by atomic mass is 10.6. The zero-order valence-corrected chi connectivity index (χ0v) is 7.30. The van der Waals surface area contributed by atoms with Crippen molar-refractivity contribution in [3.63, 3.8) is 0 Å². The third-order valence-electron chi connectivity index (χ3n) is 1.43. The molecule has 0 bridgehead atoms. The van der Waals surface area contributed by atoms with Crippen LogP contribution in [0.15, 0.2) is 0 Å². The molecule has 0 radical (unpaired) electrons. The predicted molar refractivity (Wildman–Crippen MR) is 41.3 cm³/mol. The average Bonchev–Trinajstić information content (AvgIpc) is 2.30. The van der Waals surface area contributed by atoms with Crippen molar-refractivity contribution >= 4 is 40.0 Å². The number of hydrogen-bond acceptors (Lipinski definition) is 3. The van der Waals surface area contributed by atoms with Crippen LogP contribution in [0.4, 0.5) is 14.4 Å². The number of halogens is 2. The number of carbonyl (C=O) groups excluding carboxylic acids is 3. The van der Waals surface area contributed by atoms with Gasteiger partial charge in [0.05, 0.1) is 0 Å². The van der Waals surface area contributed by atoms with Gasteiger partial charge in [-0.1, -0.05) is 0 Å². The maximum Gasteiger partial charge on any atom is 0.335 e. The minimum absolute atomic E-state index is 0.0969. The Bertz CT molecular complexity index is 231. The molecule has 0 atom stereocenters. The van der Waals surface area contributed by atoms with Gasteiger partial charge in [0.1, 0.15) is 0 Å². The number of rotatable bonds is 0. The lowest BCUT2D eigenvalue weighted by molar-refractivity contribution is 0.195. The monoisotopic (exact) mass is 210 g/mol. The summed E-state index contributed by atoms with van der Waals surface area (Å²) in [5.41, 5.74) is 0. The molecule has 1 heterocycles. The fourth-order valence-corrected chi connectivity index (χ4v) is 1.18. The highest BCUT2D eigenvalue weighted by atomic mass is 35.5. The molecule has 0 aromatic heterocycles. The molecule has 0 aromatic carbocycles. The Balaban J connectivity index is 2.74. The van der Waals surface area contributed by atoms with Gasteiger partial charge in [-0.3, -0.25) is 9.59 Å². The smallest absolute Gasteiger partial charge is 0.255 e. The van der Waals surface area contributed by atoms with E-state index in [1.807, 2.05) is 0 Å². The van der Waals surface area contributed by atoms with Gasteiger partial charge in [0.15, 0.2) is 0 Å². The standard InChI is InChI=1S/C5H4Cl2N2O3/c6-3(10)8-1-2-9(4(7)11)5(8)12/h1-2H2. The maximum absolute atomic E-state index is 11.0. The molecule has 12 heavy (non-hydrogen) atoms. The fraction of sp³-hybridized carbons (Fsp3) is 0.400.